The third-order valence-electron chi connectivity index (χ3n) is 2.32. The van der Waals surface area contributed by atoms with Crippen molar-refractivity contribution in [2.24, 2.45) is 0 Å². The van der Waals surface area contributed by atoms with Crippen LogP contribution in [0.15, 0.2) is 23.1 Å². The first kappa shape index (κ1) is 18.7. The van der Waals surface area contributed by atoms with Crippen LogP contribution in [0, 0.1) is 15.9 Å². The normalized spacial score (nSPS) is 10.9. The minimum absolute atomic E-state index is 0. The molecule has 0 aliphatic heterocycles. The summed E-state index contributed by atoms with van der Waals surface area (Å²) in [7, 11) is -2.38. The summed E-state index contributed by atoms with van der Waals surface area (Å²) < 4.78 is 39.3. The van der Waals surface area contributed by atoms with Gasteiger partial charge in [-0.3, -0.25) is 10.1 Å². The monoisotopic (exact) mass is 327 g/mol. The highest BCUT2D eigenvalue weighted by atomic mass is 35.5. The number of rotatable bonds is 7. The highest BCUT2D eigenvalue weighted by Crippen LogP contribution is 2.26. The van der Waals surface area contributed by atoms with Crippen LogP contribution in [0.5, 0.6) is 0 Å². The van der Waals surface area contributed by atoms with Gasteiger partial charge >= 0.3 is 5.69 Å². The van der Waals surface area contributed by atoms with E-state index in [0.29, 0.717) is 13.0 Å². The molecule has 0 saturated carbocycles. The van der Waals surface area contributed by atoms with E-state index >= 15 is 0 Å². The van der Waals surface area contributed by atoms with Crippen molar-refractivity contribution in [2.45, 2.75) is 11.3 Å². The molecule has 0 heterocycles. The molecule has 1 aromatic carbocycles. The van der Waals surface area contributed by atoms with Crippen LogP contribution in [0.1, 0.15) is 6.42 Å². The number of hydrogen-bond donors (Lipinski definition) is 2. The molecule has 0 saturated heterocycles. The summed E-state index contributed by atoms with van der Waals surface area (Å²) in [4.78, 5) is 9.02. The molecule has 0 radical (unpaired) electrons. The standard InChI is InChI=1S/C10H14FN3O4S.ClH/c1-12-6-3-7-13-19(17,18)9-5-2-4-8(11)10(9)14(15)16;/h2,4-5,12-13H,3,6-7H2,1H3;1H. The Balaban J connectivity index is 0.00000361. The van der Waals surface area contributed by atoms with Crippen LogP contribution in [-0.4, -0.2) is 33.5 Å². The summed E-state index contributed by atoms with van der Waals surface area (Å²) in [5.41, 5.74) is -1.04. The maximum absolute atomic E-state index is 13.3. The molecule has 20 heavy (non-hydrogen) atoms. The molecular weight excluding hydrogens is 313 g/mol. The van der Waals surface area contributed by atoms with E-state index in [1.165, 1.54) is 0 Å². The van der Waals surface area contributed by atoms with Crippen molar-refractivity contribution in [3.8, 4) is 0 Å². The minimum atomic E-state index is -4.10. The molecule has 0 bridgehead atoms. The van der Waals surface area contributed by atoms with Gasteiger partial charge in [-0.1, -0.05) is 6.07 Å². The number of sulfonamides is 1. The lowest BCUT2D eigenvalue weighted by Gasteiger charge is -2.07. The first-order chi connectivity index (χ1) is 8.90. The molecule has 0 fully saturated rings. The zero-order chi connectivity index (χ0) is 14.5. The number of nitro benzene ring substituents is 1. The number of nitrogens with one attached hydrogen (secondary N) is 2. The average molecular weight is 328 g/mol. The van der Waals surface area contributed by atoms with E-state index in [-0.39, 0.29) is 19.0 Å². The van der Waals surface area contributed by atoms with Crippen molar-refractivity contribution < 1.29 is 17.7 Å². The number of nitro groups is 1. The molecule has 0 atom stereocenters. The minimum Gasteiger partial charge on any atom is -0.320 e. The first-order valence-corrected chi connectivity index (χ1v) is 6.95. The number of halogens is 2. The SMILES string of the molecule is CNCCCNS(=O)(=O)c1cccc(F)c1[N+](=O)[O-].Cl. The molecule has 0 spiro atoms. The molecule has 0 aromatic heterocycles. The molecule has 0 aliphatic rings. The van der Waals surface area contributed by atoms with Crippen molar-refractivity contribution in [2.75, 3.05) is 20.1 Å². The Kier molecular flexibility index (Phi) is 7.58. The molecule has 114 valence electrons. The van der Waals surface area contributed by atoms with Gasteiger partial charge in [0.1, 0.15) is 0 Å². The lowest BCUT2D eigenvalue weighted by molar-refractivity contribution is -0.390. The van der Waals surface area contributed by atoms with Crippen LogP contribution < -0.4 is 10.0 Å². The van der Waals surface area contributed by atoms with Crippen molar-refractivity contribution in [1.29, 1.82) is 0 Å². The second-order valence-corrected chi connectivity index (χ2v) is 5.43. The van der Waals surface area contributed by atoms with Gasteiger partial charge in [0.05, 0.1) is 4.92 Å². The van der Waals surface area contributed by atoms with E-state index in [1.54, 1.807) is 7.05 Å². The van der Waals surface area contributed by atoms with E-state index in [4.69, 9.17) is 0 Å². The quantitative estimate of drug-likeness (QED) is 0.443. The van der Waals surface area contributed by atoms with Gasteiger partial charge in [0, 0.05) is 6.54 Å². The summed E-state index contributed by atoms with van der Waals surface area (Å²) in [6, 6.07) is 2.96. The number of hydrogen-bond acceptors (Lipinski definition) is 5. The summed E-state index contributed by atoms with van der Waals surface area (Å²) in [5.74, 6) is -1.18. The Hall–Kier alpha value is -1.29. The third kappa shape index (κ3) is 4.67. The van der Waals surface area contributed by atoms with Gasteiger partial charge in [-0.15, -0.1) is 12.4 Å². The Morgan fingerprint density at radius 1 is 1.35 bits per heavy atom. The second kappa shape index (κ2) is 8.10. The molecule has 1 aromatic rings. The number of nitrogens with zero attached hydrogens (tertiary/aromatic N) is 1. The van der Waals surface area contributed by atoms with Gasteiger partial charge in [-0.25, -0.2) is 13.1 Å². The molecular formula is C10H15ClFN3O4S. The fraction of sp³-hybridized carbons (Fsp3) is 0.400. The Bertz CT molecular complexity index is 568. The molecule has 7 nitrogen and oxygen atoms in total. The highest BCUT2D eigenvalue weighted by molar-refractivity contribution is 7.89. The third-order valence-corrected chi connectivity index (χ3v) is 3.81. The predicted octanol–water partition coefficient (Wildman–Crippen LogP) is 1.04. The number of para-hydroxylation sites is 1. The Labute approximate surface area is 122 Å². The zero-order valence-corrected chi connectivity index (χ0v) is 12.3. The van der Waals surface area contributed by atoms with Gasteiger partial charge in [0.15, 0.2) is 4.90 Å². The van der Waals surface area contributed by atoms with Gasteiger partial charge in [-0.2, -0.15) is 4.39 Å². The van der Waals surface area contributed by atoms with Crippen LogP contribution in [-0.2, 0) is 10.0 Å². The zero-order valence-electron chi connectivity index (χ0n) is 10.6. The van der Waals surface area contributed by atoms with Gasteiger partial charge in [0.25, 0.3) is 0 Å². The Morgan fingerprint density at radius 3 is 2.55 bits per heavy atom. The van der Waals surface area contributed by atoms with Crippen LogP contribution in [0.3, 0.4) is 0 Å². The van der Waals surface area contributed by atoms with Crippen LogP contribution in [0.2, 0.25) is 0 Å². The highest BCUT2D eigenvalue weighted by Gasteiger charge is 2.28. The number of benzene rings is 1. The topological polar surface area (TPSA) is 101 Å². The van der Waals surface area contributed by atoms with Crippen molar-refractivity contribution in [1.82, 2.24) is 10.0 Å². The lowest BCUT2D eigenvalue weighted by atomic mass is 10.3. The van der Waals surface area contributed by atoms with Gasteiger partial charge in [0.2, 0.25) is 15.8 Å². The summed E-state index contributed by atoms with van der Waals surface area (Å²) >= 11 is 0. The summed E-state index contributed by atoms with van der Waals surface area (Å²) in [5, 5.41) is 13.6. The molecule has 1 rings (SSSR count). The van der Waals surface area contributed by atoms with Gasteiger partial charge < -0.3 is 5.32 Å². The average Bonchev–Trinajstić information content (AvgIpc) is 2.34. The van der Waals surface area contributed by atoms with Crippen LogP contribution in [0.25, 0.3) is 0 Å². The summed E-state index contributed by atoms with van der Waals surface area (Å²) in [6.07, 6.45) is 0.513. The molecule has 2 N–H and O–H groups in total. The van der Waals surface area contributed by atoms with Crippen molar-refractivity contribution in [3.05, 3.63) is 34.1 Å². The Morgan fingerprint density at radius 2 is 2.00 bits per heavy atom. The van der Waals surface area contributed by atoms with E-state index in [2.05, 4.69) is 10.0 Å². The maximum Gasteiger partial charge on any atom is 0.324 e. The fourth-order valence-corrected chi connectivity index (χ4v) is 2.69. The largest absolute Gasteiger partial charge is 0.324 e. The van der Waals surface area contributed by atoms with Crippen LogP contribution >= 0.6 is 12.4 Å². The molecule has 0 amide bonds. The fourth-order valence-electron chi connectivity index (χ4n) is 1.44. The smallest absolute Gasteiger partial charge is 0.320 e. The second-order valence-electron chi connectivity index (χ2n) is 3.70. The first-order valence-electron chi connectivity index (χ1n) is 5.47. The van der Waals surface area contributed by atoms with E-state index < -0.39 is 31.3 Å². The van der Waals surface area contributed by atoms with Crippen LogP contribution in [0.4, 0.5) is 10.1 Å². The summed E-state index contributed by atoms with van der Waals surface area (Å²) in [6.45, 7) is 0.699. The molecule has 0 unspecified atom stereocenters. The van der Waals surface area contributed by atoms with E-state index in [1.807, 2.05) is 0 Å². The van der Waals surface area contributed by atoms with Crippen molar-refractivity contribution in [3.63, 3.8) is 0 Å². The van der Waals surface area contributed by atoms with Gasteiger partial charge in [-0.05, 0) is 32.1 Å². The van der Waals surface area contributed by atoms with E-state index in [9.17, 15) is 22.9 Å². The maximum atomic E-state index is 13.3. The van der Waals surface area contributed by atoms with E-state index in [0.717, 1.165) is 18.2 Å². The lowest BCUT2D eigenvalue weighted by Crippen LogP contribution is -2.27. The van der Waals surface area contributed by atoms with Crippen molar-refractivity contribution >= 4 is 28.1 Å². The predicted molar refractivity (Wildman–Crippen MR) is 74.0 cm³/mol. The molecule has 0 aliphatic carbocycles. The molecule has 10 heteroatoms.